The molecular weight excluding hydrogens is 694 g/mol. The fourth-order valence-electron chi connectivity index (χ4n) is 9.11. The number of aryl methyl sites for hydroxylation is 1. The van der Waals surface area contributed by atoms with Crippen molar-refractivity contribution in [1.82, 2.24) is 5.16 Å². The normalized spacial score (nSPS) is 23.8. The van der Waals surface area contributed by atoms with Gasteiger partial charge in [-0.2, -0.15) is 0 Å². The molecule has 2 aliphatic heterocycles. The Hall–Kier alpha value is -5.75. The molecule has 4 atom stereocenters. The summed E-state index contributed by atoms with van der Waals surface area (Å²) >= 11 is 0. The van der Waals surface area contributed by atoms with E-state index in [-0.39, 0.29) is 45.4 Å². The van der Waals surface area contributed by atoms with Crippen LogP contribution in [0.15, 0.2) is 52.6 Å². The third kappa shape index (κ3) is 4.37. The second kappa shape index (κ2) is 10.7. The molecule has 54 heavy (non-hydrogen) atoms. The van der Waals surface area contributed by atoms with Crippen molar-refractivity contribution >= 4 is 30.0 Å². The molecule has 0 N–H and O–H groups in total. The number of carbonyl (C=O) groups is 4. The van der Waals surface area contributed by atoms with Gasteiger partial charge in [0.1, 0.15) is 39.6 Å². The second-order valence-corrected chi connectivity index (χ2v) is 16.5. The number of benzene rings is 3. The lowest BCUT2D eigenvalue weighted by Gasteiger charge is -2.45. The second-order valence-electron chi connectivity index (χ2n) is 16.5. The molecule has 276 valence electrons. The van der Waals surface area contributed by atoms with Crippen LogP contribution in [-0.2, 0) is 25.4 Å². The summed E-state index contributed by atoms with van der Waals surface area (Å²) < 4.78 is 42.6. The SMILES string of the molecule is CC1=Cc2onc3c2[C@@]24c5ccc6c(c5O[C@@]2(O[C@H](C)[C@@H]14)c1cccc(OC(=O)OC(C)(C)C)c1-3)C(=O)c1c(OC(=O)OC(C)(C)C)cc(C)cc1C6=O. The number of aromatic nitrogens is 1. The molecule has 4 aromatic rings. The van der Waals surface area contributed by atoms with Crippen molar-refractivity contribution in [2.75, 3.05) is 0 Å². The van der Waals surface area contributed by atoms with Gasteiger partial charge in [-0.25, -0.2) is 9.59 Å². The van der Waals surface area contributed by atoms with Gasteiger partial charge in [-0.3, -0.25) is 9.59 Å². The first-order chi connectivity index (χ1) is 25.4. The lowest BCUT2D eigenvalue weighted by atomic mass is 9.54. The van der Waals surface area contributed by atoms with Gasteiger partial charge in [0, 0.05) is 33.7 Å². The van der Waals surface area contributed by atoms with Crippen LogP contribution < -0.4 is 14.2 Å². The van der Waals surface area contributed by atoms with Gasteiger partial charge in [0.25, 0.3) is 5.79 Å². The number of hydrogen-bond acceptors (Lipinski definition) is 12. The molecule has 9 rings (SSSR count). The van der Waals surface area contributed by atoms with Gasteiger partial charge in [-0.1, -0.05) is 28.9 Å². The summed E-state index contributed by atoms with van der Waals surface area (Å²) in [6.45, 7) is 16.0. The molecule has 3 aliphatic carbocycles. The fourth-order valence-corrected chi connectivity index (χ4v) is 9.11. The molecule has 12 nitrogen and oxygen atoms in total. The highest BCUT2D eigenvalue weighted by Crippen LogP contribution is 2.75. The van der Waals surface area contributed by atoms with Gasteiger partial charge in [0.2, 0.25) is 5.78 Å². The minimum atomic E-state index is -1.63. The molecule has 0 radical (unpaired) electrons. The number of carbonyl (C=O) groups excluding carboxylic acids is 4. The van der Waals surface area contributed by atoms with Crippen molar-refractivity contribution in [1.29, 1.82) is 0 Å². The summed E-state index contributed by atoms with van der Waals surface area (Å²) in [6.07, 6.45) is -0.428. The van der Waals surface area contributed by atoms with E-state index in [0.717, 1.165) is 5.57 Å². The zero-order valence-electron chi connectivity index (χ0n) is 31.2. The van der Waals surface area contributed by atoms with E-state index in [4.69, 9.17) is 32.9 Å². The molecule has 1 saturated heterocycles. The van der Waals surface area contributed by atoms with Crippen LogP contribution in [0.3, 0.4) is 0 Å². The fraction of sp³-hybridized carbons (Fsp3) is 0.357. The Balaban J connectivity index is 1.27. The molecule has 0 unspecified atom stereocenters. The van der Waals surface area contributed by atoms with E-state index < -0.39 is 52.4 Å². The van der Waals surface area contributed by atoms with Gasteiger partial charge >= 0.3 is 12.3 Å². The van der Waals surface area contributed by atoms with Crippen molar-refractivity contribution in [3.8, 4) is 28.5 Å². The molecule has 0 bridgehead atoms. The number of rotatable bonds is 2. The lowest BCUT2D eigenvalue weighted by molar-refractivity contribution is -0.187. The molecule has 1 fully saturated rings. The summed E-state index contributed by atoms with van der Waals surface area (Å²) in [5.41, 5.74) is 1.44. The first-order valence-corrected chi connectivity index (χ1v) is 17.8. The predicted molar refractivity (Wildman–Crippen MR) is 191 cm³/mol. The van der Waals surface area contributed by atoms with Crippen molar-refractivity contribution in [2.24, 2.45) is 5.92 Å². The van der Waals surface area contributed by atoms with Crippen LogP contribution in [0, 0.1) is 12.8 Å². The summed E-state index contributed by atoms with van der Waals surface area (Å²) in [5, 5.41) is 4.56. The molecule has 0 saturated carbocycles. The highest BCUT2D eigenvalue weighted by Gasteiger charge is 2.78. The molecule has 3 heterocycles. The van der Waals surface area contributed by atoms with E-state index in [0.29, 0.717) is 39.3 Å². The zero-order chi connectivity index (χ0) is 38.4. The predicted octanol–water partition coefficient (Wildman–Crippen LogP) is 8.35. The van der Waals surface area contributed by atoms with Crippen LogP contribution in [-0.4, -0.2) is 46.3 Å². The van der Waals surface area contributed by atoms with Gasteiger partial charge in [0.15, 0.2) is 11.5 Å². The minimum Gasteiger partial charge on any atom is -0.455 e. The maximum Gasteiger partial charge on any atom is 0.514 e. The summed E-state index contributed by atoms with van der Waals surface area (Å²) in [7, 11) is 0. The van der Waals surface area contributed by atoms with Crippen LogP contribution in [0.2, 0.25) is 0 Å². The smallest absolute Gasteiger partial charge is 0.455 e. The van der Waals surface area contributed by atoms with E-state index in [1.807, 2.05) is 32.1 Å². The molecule has 5 aliphatic rings. The average Bonchev–Trinajstić information content (AvgIpc) is 3.67. The Morgan fingerprint density at radius 3 is 2.17 bits per heavy atom. The number of ether oxygens (including phenoxy) is 6. The standard InChI is InChI=1S/C42H37NO11/c1-18-15-22-28(26(16-18)49-38(47)53-40(7,8)9)35(45)29-21(34(22)44)13-14-24-36(29)51-42-23-11-10-12-25(48-37(46)52-39(4,5)6)30(23)33-32-27(54-43-33)17-19(2)31(20(3)50-42)41(24,32)42/h10-17,20,31H,1-9H3/t20-,31-,41+,42+/m1/s1. The maximum absolute atomic E-state index is 14.9. The van der Waals surface area contributed by atoms with Crippen LogP contribution in [0.4, 0.5) is 9.59 Å². The highest BCUT2D eigenvalue weighted by atomic mass is 16.7. The summed E-state index contributed by atoms with van der Waals surface area (Å²) in [6, 6.07) is 11.8. The quantitative estimate of drug-likeness (QED) is 0.127. The monoisotopic (exact) mass is 731 g/mol. The van der Waals surface area contributed by atoms with E-state index in [2.05, 4.69) is 5.16 Å². The van der Waals surface area contributed by atoms with E-state index in [9.17, 15) is 19.2 Å². The van der Waals surface area contributed by atoms with Gasteiger partial charge in [-0.05, 0) is 98.2 Å². The number of nitrogens with zero attached hydrogens (tertiary/aromatic N) is 1. The van der Waals surface area contributed by atoms with Crippen LogP contribution in [0.25, 0.3) is 17.3 Å². The molecular formula is C42H37NO11. The van der Waals surface area contributed by atoms with Crippen LogP contribution in [0.5, 0.6) is 17.2 Å². The molecule has 1 spiro atoms. The Morgan fingerprint density at radius 1 is 0.796 bits per heavy atom. The Labute approximate surface area is 310 Å². The van der Waals surface area contributed by atoms with Gasteiger partial charge in [-0.15, -0.1) is 0 Å². The zero-order valence-corrected chi connectivity index (χ0v) is 31.2. The average molecular weight is 732 g/mol. The lowest BCUT2D eigenvalue weighted by Crippen LogP contribution is -2.53. The third-order valence-electron chi connectivity index (χ3n) is 10.6. The van der Waals surface area contributed by atoms with Crippen molar-refractivity contribution in [3.05, 3.63) is 98.3 Å². The first kappa shape index (κ1) is 34.0. The first-order valence-electron chi connectivity index (χ1n) is 17.8. The third-order valence-corrected chi connectivity index (χ3v) is 10.6. The number of fused-ring (bicyclic) bond motifs is 6. The largest absolute Gasteiger partial charge is 0.514 e. The van der Waals surface area contributed by atoms with Crippen LogP contribution >= 0.6 is 0 Å². The van der Waals surface area contributed by atoms with E-state index >= 15 is 0 Å². The molecule has 3 aromatic carbocycles. The molecule has 12 heteroatoms. The maximum atomic E-state index is 14.9. The van der Waals surface area contributed by atoms with Crippen molar-refractivity contribution in [2.45, 2.75) is 90.8 Å². The van der Waals surface area contributed by atoms with E-state index in [1.54, 1.807) is 72.7 Å². The van der Waals surface area contributed by atoms with Crippen molar-refractivity contribution in [3.63, 3.8) is 0 Å². The highest BCUT2D eigenvalue weighted by molar-refractivity contribution is 6.30. The van der Waals surface area contributed by atoms with Gasteiger partial charge < -0.3 is 32.9 Å². The topological polar surface area (TPSA) is 150 Å². The minimum absolute atomic E-state index is 0.0115. The Morgan fingerprint density at radius 2 is 1.48 bits per heavy atom. The summed E-state index contributed by atoms with van der Waals surface area (Å²) in [5.74, 6) is -2.32. The van der Waals surface area contributed by atoms with E-state index in [1.165, 1.54) is 6.07 Å². The number of hydrogen-bond donors (Lipinski definition) is 0. The number of ketones is 2. The Bertz CT molecular complexity index is 2460. The van der Waals surface area contributed by atoms with Crippen LogP contribution in [0.1, 0.15) is 115 Å². The van der Waals surface area contributed by atoms with Gasteiger partial charge in [0.05, 0.1) is 22.8 Å². The molecule has 1 aromatic heterocycles. The Kier molecular flexibility index (Phi) is 6.74. The summed E-state index contributed by atoms with van der Waals surface area (Å²) in [4.78, 5) is 55.3. The molecule has 0 amide bonds. The van der Waals surface area contributed by atoms with Crippen molar-refractivity contribution < 1.29 is 52.1 Å².